The lowest BCUT2D eigenvalue weighted by Crippen LogP contribution is -2.57. The van der Waals surface area contributed by atoms with Crippen molar-refractivity contribution in [3.63, 3.8) is 0 Å². The first-order valence-corrected chi connectivity index (χ1v) is 11.5. The largest absolute Gasteiger partial charge is 0.481 e. The molecule has 3 amide bonds. The monoisotopic (exact) mass is 478 g/mol. The summed E-state index contributed by atoms with van der Waals surface area (Å²) in [5.41, 5.74) is 5.43. The molecule has 4 unspecified atom stereocenters. The van der Waals surface area contributed by atoms with Crippen molar-refractivity contribution in [2.24, 2.45) is 11.7 Å². The quantitative estimate of drug-likeness (QED) is 0.137. The van der Waals surface area contributed by atoms with E-state index in [1.54, 1.807) is 20.1 Å². The maximum atomic E-state index is 12.8. The molecule has 0 fully saturated rings. The number of nitrogens with two attached hydrogens (primary N) is 1. The van der Waals surface area contributed by atoms with E-state index in [0.717, 1.165) is 0 Å². The zero-order valence-corrected chi connectivity index (χ0v) is 19.3. The number of hydrogen-bond acceptors (Lipinski definition) is 8. The lowest BCUT2D eigenvalue weighted by atomic mass is 10.0. The van der Waals surface area contributed by atoms with Crippen LogP contribution in [0.2, 0.25) is 0 Å². The minimum absolute atomic E-state index is 0.0459. The molecule has 0 aromatic heterocycles. The summed E-state index contributed by atoms with van der Waals surface area (Å²) in [6.07, 6.45) is 1.47. The predicted molar refractivity (Wildman–Crippen MR) is 118 cm³/mol. The summed E-state index contributed by atoms with van der Waals surface area (Å²) in [5, 5.41) is 34.4. The molecule has 0 aliphatic rings. The Bertz CT molecular complexity index is 661. The third-order valence-electron chi connectivity index (χ3n) is 4.38. The predicted octanol–water partition coefficient (Wildman–Crippen LogP) is -1.49. The van der Waals surface area contributed by atoms with Gasteiger partial charge in [-0.15, -0.1) is 0 Å². The summed E-state index contributed by atoms with van der Waals surface area (Å²) in [7, 11) is 0. The molecule has 0 heterocycles. The van der Waals surface area contributed by atoms with Crippen LogP contribution in [0.5, 0.6) is 0 Å². The van der Waals surface area contributed by atoms with E-state index in [0.29, 0.717) is 5.75 Å². The van der Waals surface area contributed by atoms with E-state index in [-0.39, 0.29) is 25.2 Å². The van der Waals surface area contributed by atoms with Crippen molar-refractivity contribution in [3.05, 3.63) is 0 Å². The number of amides is 3. The molecule has 8 N–H and O–H groups in total. The van der Waals surface area contributed by atoms with E-state index in [2.05, 4.69) is 16.0 Å². The lowest BCUT2D eigenvalue weighted by Gasteiger charge is -2.25. The topological polar surface area (TPSA) is 208 Å². The van der Waals surface area contributed by atoms with Crippen LogP contribution in [0.3, 0.4) is 0 Å². The Morgan fingerprint density at radius 2 is 1.41 bits per heavy atom. The number of nitrogens with one attached hydrogen (secondary N) is 3. The molecule has 0 aromatic carbocycles. The van der Waals surface area contributed by atoms with E-state index < -0.39 is 66.9 Å². The SMILES string of the molecule is CSCCC(NC(=O)C(CC(C)C)NC(=O)C(CCC(=O)O)NC(=O)C(N)CO)C(=O)O. The Morgan fingerprint density at radius 3 is 1.88 bits per heavy atom. The molecule has 12 nitrogen and oxygen atoms in total. The molecular weight excluding hydrogens is 444 g/mol. The lowest BCUT2D eigenvalue weighted by molar-refractivity contribution is -0.142. The van der Waals surface area contributed by atoms with E-state index in [9.17, 15) is 29.1 Å². The highest BCUT2D eigenvalue weighted by atomic mass is 32.2. The van der Waals surface area contributed by atoms with Crippen LogP contribution in [-0.4, -0.2) is 87.8 Å². The molecule has 4 atom stereocenters. The molecule has 0 bridgehead atoms. The van der Waals surface area contributed by atoms with Gasteiger partial charge in [0.25, 0.3) is 0 Å². The fraction of sp³-hybridized carbons (Fsp3) is 0.737. The van der Waals surface area contributed by atoms with Crippen molar-refractivity contribution in [1.82, 2.24) is 16.0 Å². The van der Waals surface area contributed by atoms with Crippen LogP contribution in [-0.2, 0) is 24.0 Å². The van der Waals surface area contributed by atoms with Crippen molar-refractivity contribution >= 4 is 41.4 Å². The van der Waals surface area contributed by atoms with Gasteiger partial charge in [0.2, 0.25) is 17.7 Å². The zero-order valence-electron chi connectivity index (χ0n) is 18.5. The van der Waals surface area contributed by atoms with Gasteiger partial charge in [0, 0.05) is 6.42 Å². The first kappa shape index (κ1) is 29.6. The number of aliphatic hydroxyl groups excluding tert-OH is 1. The van der Waals surface area contributed by atoms with Crippen molar-refractivity contribution < 1.29 is 39.3 Å². The average molecular weight is 479 g/mol. The number of aliphatic hydroxyl groups is 1. The maximum Gasteiger partial charge on any atom is 0.326 e. The number of carbonyl (C=O) groups is 5. The normalized spacial score (nSPS) is 14.7. The van der Waals surface area contributed by atoms with Crippen molar-refractivity contribution in [2.45, 2.75) is 63.7 Å². The summed E-state index contributed by atoms with van der Waals surface area (Å²) < 4.78 is 0. The molecular formula is C19H34N4O8S. The summed E-state index contributed by atoms with van der Waals surface area (Å²) in [4.78, 5) is 59.8. The second kappa shape index (κ2) is 15.4. The number of thioether (sulfide) groups is 1. The molecule has 32 heavy (non-hydrogen) atoms. The van der Waals surface area contributed by atoms with Crippen LogP contribution in [0, 0.1) is 5.92 Å². The summed E-state index contributed by atoms with van der Waals surface area (Å²) in [5.74, 6) is -4.31. The Morgan fingerprint density at radius 1 is 0.875 bits per heavy atom. The second-order valence-electron chi connectivity index (χ2n) is 7.65. The van der Waals surface area contributed by atoms with Gasteiger partial charge in [0.1, 0.15) is 24.2 Å². The standard InChI is InChI=1S/C19H34N4O8S/c1-10(2)8-14(18(29)22-13(19(30)31)6-7-32-3)23-17(28)12(4-5-15(25)26)21-16(27)11(20)9-24/h10-14,24H,4-9,20H2,1-3H3,(H,21,27)(H,22,29)(H,23,28)(H,25,26)(H,30,31). The smallest absolute Gasteiger partial charge is 0.326 e. The van der Waals surface area contributed by atoms with Crippen LogP contribution < -0.4 is 21.7 Å². The maximum absolute atomic E-state index is 12.8. The minimum atomic E-state index is -1.31. The summed E-state index contributed by atoms with van der Waals surface area (Å²) >= 11 is 1.43. The highest BCUT2D eigenvalue weighted by molar-refractivity contribution is 7.98. The van der Waals surface area contributed by atoms with Crippen LogP contribution in [0.4, 0.5) is 0 Å². The van der Waals surface area contributed by atoms with E-state index in [1.807, 2.05) is 0 Å². The molecule has 0 spiro atoms. The number of rotatable bonds is 16. The van der Waals surface area contributed by atoms with Crippen molar-refractivity contribution in [1.29, 1.82) is 0 Å². The van der Waals surface area contributed by atoms with Gasteiger partial charge < -0.3 is 37.0 Å². The molecule has 0 aliphatic heterocycles. The Kier molecular flexibility index (Phi) is 14.3. The molecule has 0 aromatic rings. The van der Waals surface area contributed by atoms with E-state index in [1.165, 1.54) is 11.8 Å². The molecule has 13 heteroatoms. The highest BCUT2D eigenvalue weighted by Crippen LogP contribution is 2.09. The first-order valence-electron chi connectivity index (χ1n) is 10.1. The minimum Gasteiger partial charge on any atom is -0.481 e. The Labute approximate surface area is 191 Å². The number of carboxylic acid groups (broad SMARTS) is 2. The molecule has 0 radical (unpaired) electrons. The second-order valence-corrected chi connectivity index (χ2v) is 8.64. The summed E-state index contributed by atoms with van der Waals surface area (Å²) in [6, 6.07) is -4.86. The van der Waals surface area contributed by atoms with Crippen LogP contribution in [0.1, 0.15) is 39.5 Å². The first-order chi connectivity index (χ1) is 14.9. The highest BCUT2D eigenvalue weighted by Gasteiger charge is 2.30. The van der Waals surface area contributed by atoms with Gasteiger partial charge in [0.15, 0.2) is 0 Å². The van der Waals surface area contributed by atoms with E-state index >= 15 is 0 Å². The molecule has 184 valence electrons. The fourth-order valence-corrected chi connectivity index (χ4v) is 3.11. The van der Waals surface area contributed by atoms with Crippen LogP contribution in [0.15, 0.2) is 0 Å². The molecule has 0 saturated carbocycles. The van der Waals surface area contributed by atoms with Crippen LogP contribution in [0.25, 0.3) is 0 Å². The van der Waals surface area contributed by atoms with Gasteiger partial charge in [-0.25, -0.2) is 4.79 Å². The van der Waals surface area contributed by atoms with Gasteiger partial charge >= 0.3 is 11.9 Å². The van der Waals surface area contributed by atoms with Gasteiger partial charge in [0.05, 0.1) is 6.61 Å². The van der Waals surface area contributed by atoms with Gasteiger partial charge in [-0.2, -0.15) is 11.8 Å². The van der Waals surface area contributed by atoms with E-state index in [4.69, 9.17) is 15.9 Å². The average Bonchev–Trinajstić information content (AvgIpc) is 2.71. The molecule has 0 saturated heterocycles. The van der Waals surface area contributed by atoms with Crippen LogP contribution >= 0.6 is 11.8 Å². The number of hydrogen-bond donors (Lipinski definition) is 7. The number of carbonyl (C=O) groups excluding carboxylic acids is 3. The number of carboxylic acids is 2. The van der Waals surface area contributed by atoms with Crippen molar-refractivity contribution in [2.75, 3.05) is 18.6 Å². The summed E-state index contributed by atoms with van der Waals surface area (Å²) in [6.45, 7) is 2.93. The number of aliphatic carboxylic acids is 2. The Balaban J connectivity index is 5.46. The van der Waals surface area contributed by atoms with Gasteiger partial charge in [-0.3, -0.25) is 19.2 Å². The molecule has 0 rings (SSSR count). The Hall–Kier alpha value is -2.38. The van der Waals surface area contributed by atoms with Crippen molar-refractivity contribution in [3.8, 4) is 0 Å². The third kappa shape index (κ3) is 11.9. The zero-order chi connectivity index (χ0) is 24.8. The van der Waals surface area contributed by atoms with Gasteiger partial charge in [-0.05, 0) is 37.2 Å². The van der Waals surface area contributed by atoms with Gasteiger partial charge in [-0.1, -0.05) is 13.8 Å². The molecule has 0 aliphatic carbocycles. The fourth-order valence-electron chi connectivity index (χ4n) is 2.64. The third-order valence-corrected chi connectivity index (χ3v) is 5.02.